The minimum absolute atomic E-state index is 0.244. The first-order chi connectivity index (χ1) is 21.1. The Kier molecular flexibility index (Phi) is 9.49. The summed E-state index contributed by atoms with van der Waals surface area (Å²) in [6.45, 7) is 5.13. The standard InChI is InChI=1S/C30H28F3N7O2S2/c1-19(2)25-13-12-24(41-3)16-26(25)39-14-15-44-29(39)36-28(43)37-35-17-20-4-6-21(7-5-20)27-34-18-40(38-27)22-8-10-23(11-9-22)42-30(31,32)33/h4-13,16-19H,14-15H2,1-3H3,(H,37,43)/b35-17+,36-29?. The summed E-state index contributed by atoms with van der Waals surface area (Å²) in [5.74, 6) is 2.15. The molecule has 0 atom stereocenters. The van der Waals surface area contributed by atoms with Crippen LogP contribution in [0.25, 0.3) is 17.1 Å². The average molecular weight is 640 g/mol. The van der Waals surface area contributed by atoms with Gasteiger partial charge in [-0.05, 0) is 59.6 Å². The third-order valence-corrected chi connectivity index (χ3v) is 7.63. The number of halogens is 3. The largest absolute Gasteiger partial charge is 0.573 e. The van der Waals surface area contributed by atoms with Crippen molar-refractivity contribution in [3.05, 3.63) is 84.2 Å². The van der Waals surface area contributed by atoms with Crippen LogP contribution >= 0.6 is 24.0 Å². The molecule has 1 fully saturated rings. The van der Waals surface area contributed by atoms with Crippen LogP contribution in [0.1, 0.15) is 30.9 Å². The van der Waals surface area contributed by atoms with Crippen molar-refractivity contribution < 1.29 is 22.6 Å². The molecule has 1 aliphatic rings. The quantitative estimate of drug-likeness (QED) is 0.128. The van der Waals surface area contributed by atoms with E-state index in [1.165, 1.54) is 40.8 Å². The number of rotatable bonds is 8. The maximum atomic E-state index is 12.4. The van der Waals surface area contributed by atoms with Gasteiger partial charge in [0.05, 0.1) is 19.0 Å². The molecular formula is C30H28F3N7O2S2. The number of benzene rings is 3. The Morgan fingerprint density at radius 2 is 1.80 bits per heavy atom. The number of nitrogens with zero attached hydrogens (tertiary/aromatic N) is 6. The lowest BCUT2D eigenvalue weighted by molar-refractivity contribution is -0.274. The van der Waals surface area contributed by atoms with Gasteiger partial charge < -0.3 is 14.4 Å². The van der Waals surface area contributed by atoms with Gasteiger partial charge in [0.2, 0.25) is 5.11 Å². The van der Waals surface area contributed by atoms with Gasteiger partial charge in [-0.3, -0.25) is 5.43 Å². The molecule has 0 unspecified atom stereocenters. The minimum atomic E-state index is -4.75. The molecule has 44 heavy (non-hydrogen) atoms. The van der Waals surface area contributed by atoms with E-state index in [9.17, 15) is 13.2 Å². The molecule has 0 spiro atoms. The van der Waals surface area contributed by atoms with E-state index in [-0.39, 0.29) is 10.9 Å². The molecule has 14 heteroatoms. The summed E-state index contributed by atoms with van der Waals surface area (Å²) < 4.78 is 48.0. The summed E-state index contributed by atoms with van der Waals surface area (Å²) >= 11 is 7.08. The zero-order chi connectivity index (χ0) is 31.3. The number of amidine groups is 1. The van der Waals surface area contributed by atoms with Crippen LogP contribution in [-0.4, -0.2) is 57.0 Å². The zero-order valence-corrected chi connectivity index (χ0v) is 25.6. The number of thioether (sulfide) groups is 1. The number of anilines is 1. The molecule has 3 aromatic carbocycles. The number of hydrogen-bond donors (Lipinski definition) is 1. The summed E-state index contributed by atoms with van der Waals surface area (Å²) in [6, 6.07) is 18.8. The summed E-state index contributed by atoms with van der Waals surface area (Å²) in [5.41, 5.74) is 7.19. The number of aliphatic imine (C=N–C) groups is 1. The van der Waals surface area contributed by atoms with E-state index >= 15 is 0 Å². The molecule has 1 saturated heterocycles. The molecule has 0 radical (unpaired) electrons. The molecule has 1 aromatic heterocycles. The number of hydrazone groups is 1. The van der Waals surface area contributed by atoms with Crippen LogP contribution in [-0.2, 0) is 0 Å². The molecule has 1 N–H and O–H groups in total. The molecule has 228 valence electrons. The Bertz CT molecular complexity index is 1670. The van der Waals surface area contributed by atoms with E-state index in [1.54, 1.807) is 25.1 Å². The van der Waals surface area contributed by atoms with Crippen molar-refractivity contribution in [1.82, 2.24) is 20.2 Å². The van der Waals surface area contributed by atoms with Gasteiger partial charge in [0.1, 0.15) is 17.8 Å². The number of nitrogens with one attached hydrogen (secondary N) is 1. The van der Waals surface area contributed by atoms with Gasteiger partial charge in [0, 0.05) is 29.6 Å². The normalized spacial score (nSPS) is 14.5. The fraction of sp³-hybridized carbons (Fsp3) is 0.233. The molecule has 0 amide bonds. The van der Waals surface area contributed by atoms with Crippen molar-refractivity contribution in [3.8, 4) is 28.6 Å². The third kappa shape index (κ3) is 7.74. The lowest BCUT2D eigenvalue weighted by atomic mass is 10.00. The number of hydrogen-bond acceptors (Lipinski definition) is 7. The number of alkyl halides is 3. The van der Waals surface area contributed by atoms with Crippen molar-refractivity contribution in [1.29, 1.82) is 0 Å². The number of ether oxygens (including phenoxy) is 2. The second-order valence-electron chi connectivity index (χ2n) is 9.83. The molecule has 0 saturated carbocycles. The highest BCUT2D eigenvalue weighted by Gasteiger charge is 2.31. The molecule has 2 heterocycles. The fourth-order valence-electron chi connectivity index (χ4n) is 4.40. The SMILES string of the molecule is COc1ccc(C(C)C)c(N2CCSC2=NC(=S)N/N=C/c2ccc(-c3ncn(-c4ccc(OC(F)(F)F)cc4)n3)cc2)c1. The molecule has 0 bridgehead atoms. The minimum Gasteiger partial charge on any atom is -0.497 e. The zero-order valence-electron chi connectivity index (χ0n) is 23.9. The summed E-state index contributed by atoms with van der Waals surface area (Å²) in [4.78, 5) is 11.1. The third-order valence-electron chi connectivity index (χ3n) is 6.49. The van der Waals surface area contributed by atoms with Crippen LogP contribution in [0.2, 0.25) is 0 Å². The van der Waals surface area contributed by atoms with Crippen LogP contribution in [0.3, 0.4) is 0 Å². The predicted octanol–water partition coefficient (Wildman–Crippen LogP) is 6.78. The van der Waals surface area contributed by atoms with Crippen LogP contribution in [0.5, 0.6) is 11.5 Å². The Hall–Kier alpha value is -4.43. The first-order valence-electron chi connectivity index (χ1n) is 13.5. The van der Waals surface area contributed by atoms with Crippen LogP contribution < -0.4 is 19.8 Å². The molecule has 1 aliphatic heterocycles. The molecule has 9 nitrogen and oxygen atoms in total. The Morgan fingerprint density at radius 3 is 2.48 bits per heavy atom. The average Bonchev–Trinajstić information content (AvgIpc) is 3.67. The first kappa shape index (κ1) is 31.0. The van der Waals surface area contributed by atoms with E-state index in [4.69, 9.17) is 17.0 Å². The van der Waals surface area contributed by atoms with Gasteiger partial charge in [-0.15, -0.1) is 18.3 Å². The van der Waals surface area contributed by atoms with Crippen LogP contribution in [0.4, 0.5) is 18.9 Å². The maximum absolute atomic E-state index is 12.4. The van der Waals surface area contributed by atoms with E-state index in [1.807, 2.05) is 36.4 Å². The number of methoxy groups -OCH3 is 1. The monoisotopic (exact) mass is 639 g/mol. The fourth-order valence-corrected chi connectivity index (χ4v) is 5.56. The highest BCUT2D eigenvalue weighted by atomic mass is 32.2. The van der Waals surface area contributed by atoms with Gasteiger partial charge >= 0.3 is 6.36 Å². The highest BCUT2D eigenvalue weighted by Crippen LogP contribution is 2.35. The molecular weight excluding hydrogens is 612 g/mol. The van der Waals surface area contributed by atoms with Crippen molar-refractivity contribution in [2.75, 3.05) is 24.3 Å². The van der Waals surface area contributed by atoms with E-state index < -0.39 is 6.36 Å². The number of thiocarbonyl (C=S) groups is 1. The van der Waals surface area contributed by atoms with Crippen LogP contribution in [0, 0.1) is 0 Å². The van der Waals surface area contributed by atoms with Gasteiger partial charge in [0.25, 0.3) is 0 Å². The van der Waals surface area contributed by atoms with Gasteiger partial charge in [-0.25, -0.2) is 9.67 Å². The topological polar surface area (TPSA) is 89.2 Å². The van der Waals surface area contributed by atoms with Gasteiger partial charge in [0.15, 0.2) is 11.0 Å². The number of aromatic nitrogens is 3. The Morgan fingerprint density at radius 1 is 1.07 bits per heavy atom. The smallest absolute Gasteiger partial charge is 0.497 e. The lowest BCUT2D eigenvalue weighted by Gasteiger charge is -2.24. The Balaban J connectivity index is 1.20. The molecule has 5 rings (SSSR count). The highest BCUT2D eigenvalue weighted by molar-refractivity contribution is 8.14. The maximum Gasteiger partial charge on any atom is 0.573 e. The van der Waals surface area contributed by atoms with Crippen LogP contribution in [0.15, 0.2) is 83.2 Å². The van der Waals surface area contributed by atoms with Gasteiger partial charge in [-0.1, -0.05) is 55.9 Å². The lowest BCUT2D eigenvalue weighted by Crippen LogP contribution is -2.27. The first-order valence-corrected chi connectivity index (χ1v) is 14.9. The predicted molar refractivity (Wildman–Crippen MR) is 171 cm³/mol. The van der Waals surface area contributed by atoms with E-state index in [2.05, 4.69) is 55.2 Å². The van der Waals surface area contributed by atoms with Crippen molar-refractivity contribution in [3.63, 3.8) is 0 Å². The molecule has 4 aromatic rings. The van der Waals surface area contributed by atoms with Crippen molar-refractivity contribution >= 4 is 46.2 Å². The Labute approximate surface area is 261 Å². The van der Waals surface area contributed by atoms with Gasteiger partial charge in [-0.2, -0.15) is 10.1 Å². The van der Waals surface area contributed by atoms with Crippen molar-refractivity contribution in [2.45, 2.75) is 26.1 Å². The van der Waals surface area contributed by atoms with E-state index in [0.717, 1.165) is 40.0 Å². The second kappa shape index (κ2) is 13.5. The summed E-state index contributed by atoms with van der Waals surface area (Å²) in [6.07, 6.45) is -1.63. The summed E-state index contributed by atoms with van der Waals surface area (Å²) in [7, 11) is 1.66. The second-order valence-corrected chi connectivity index (χ2v) is 11.3. The van der Waals surface area contributed by atoms with Crippen molar-refractivity contribution in [2.24, 2.45) is 10.1 Å². The van der Waals surface area contributed by atoms with E-state index in [0.29, 0.717) is 17.4 Å². The summed E-state index contributed by atoms with van der Waals surface area (Å²) in [5, 5.41) is 9.71. The molecule has 0 aliphatic carbocycles.